The van der Waals surface area contributed by atoms with Gasteiger partial charge in [-0.25, -0.2) is 0 Å². The lowest BCUT2D eigenvalue weighted by Crippen LogP contribution is -2.20. The number of ether oxygens (including phenoxy) is 1. The van der Waals surface area contributed by atoms with Crippen molar-refractivity contribution in [3.63, 3.8) is 0 Å². The lowest BCUT2D eigenvalue weighted by atomic mass is 10.3. The summed E-state index contributed by atoms with van der Waals surface area (Å²) in [6, 6.07) is 11.6. The zero-order chi connectivity index (χ0) is 17.5. The van der Waals surface area contributed by atoms with Gasteiger partial charge in [-0.3, -0.25) is 9.59 Å². The van der Waals surface area contributed by atoms with E-state index in [9.17, 15) is 9.59 Å². The van der Waals surface area contributed by atoms with Crippen LogP contribution in [0.15, 0.2) is 42.5 Å². The number of carbonyl (C=O) groups is 2. The van der Waals surface area contributed by atoms with Gasteiger partial charge in [0.15, 0.2) is 6.61 Å². The summed E-state index contributed by atoms with van der Waals surface area (Å²) in [5, 5.41) is 6.23. The molecule has 0 spiro atoms. The highest BCUT2D eigenvalue weighted by Gasteiger charge is 2.06. The average Bonchev–Trinajstić information content (AvgIpc) is 2.52. The van der Waals surface area contributed by atoms with Gasteiger partial charge in [0.05, 0.1) is 0 Å². The Balaban J connectivity index is 1.91. The maximum Gasteiger partial charge on any atom is 0.262 e. The molecule has 0 bridgehead atoms. The maximum atomic E-state index is 11.9. The number of hydrogen-bond acceptors (Lipinski definition) is 3. The van der Waals surface area contributed by atoms with Gasteiger partial charge in [0.25, 0.3) is 5.91 Å². The third-order valence-electron chi connectivity index (χ3n) is 2.96. The predicted octanol–water partition coefficient (Wildman–Crippen LogP) is 4.36. The molecule has 2 amide bonds. The Bertz CT molecular complexity index is 730. The van der Waals surface area contributed by atoms with Gasteiger partial charge in [-0.2, -0.15) is 0 Å². The quantitative estimate of drug-likeness (QED) is 0.797. The normalized spacial score (nSPS) is 10.1. The SMILES string of the molecule is CCC(=O)Nc1cccc(OCC(=O)Nc2cc(Cl)cc(Cl)c2)c1. The maximum absolute atomic E-state index is 11.9. The van der Waals surface area contributed by atoms with Crippen molar-refractivity contribution in [3.8, 4) is 5.75 Å². The molecule has 0 saturated heterocycles. The van der Waals surface area contributed by atoms with Crippen LogP contribution in [0.4, 0.5) is 11.4 Å². The number of rotatable bonds is 6. The van der Waals surface area contributed by atoms with Crippen LogP contribution in [-0.2, 0) is 9.59 Å². The third-order valence-corrected chi connectivity index (χ3v) is 3.39. The van der Waals surface area contributed by atoms with Crippen LogP contribution in [0.1, 0.15) is 13.3 Å². The molecule has 0 atom stereocenters. The first-order chi connectivity index (χ1) is 11.5. The van der Waals surface area contributed by atoms with E-state index >= 15 is 0 Å². The molecule has 24 heavy (non-hydrogen) atoms. The number of nitrogens with one attached hydrogen (secondary N) is 2. The molecule has 2 aromatic carbocycles. The number of amides is 2. The Morgan fingerprint density at radius 3 is 2.29 bits per heavy atom. The van der Waals surface area contributed by atoms with Crippen LogP contribution < -0.4 is 15.4 Å². The molecule has 7 heteroatoms. The molecule has 2 rings (SSSR count). The topological polar surface area (TPSA) is 67.4 Å². The van der Waals surface area contributed by atoms with Crippen LogP contribution >= 0.6 is 23.2 Å². The Labute approximate surface area is 149 Å². The smallest absolute Gasteiger partial charge is 0.262 e. The van der Waals surface area contributed by atoms with Crippen molar-refractivity contribution in [3.05, 3.63) is 52.5 Å². The molecule has 0 aliphatic carbocycles. The summed E-state index contributed by atoms with van der Waals surface area (Å²) in [4.78, 5) is 23.3. The summed E-state index contributed by atoms with van der Waals surface area (Å²) in [6.45, 7) is 1.58. The van der Waals surface area contributed by atoms with Gasteiger partial charge in [0.2, 0.25) is 5.91 Å². The Kier molecular flexibility index (Phi) is 6.46. The first kappa shape index (κ1) is 18.1. The van der Waals surface area contributed by atoms with E-state index < -0.39 is 0 Å². The standard InChI is InChI=1S/C17H16Cl2N2O3/c1-2-16(22)20-13-4-3-5-15(9-13)24-10-17(23)21-14-7-11(18)6-12(19)8-14/h3-9H,2,10H2,1H3,(H,20,22)(H,21,23). The summed E-state index contributed by atoms with van der Waals surface area (Å²) in [5.74, 6) is 0.0298. The van der Waals surface area contributed by atoms with Crippen molar-refractivity contribution in [2.45, 2.75) is 13.3 Å². The van der Waals surface area contributed by atoms with Crippen molar-refractivity contribution in [1.29, 1.82) is 0 Å². The Morgan fingerprint density at radius 2 is 1.62 bits per heavy atom. The first-order valence-corrected chi connectivity index (χ1v) is 8.00. The van der Waals surface area contributed by atoms with E-state index in [4.69, 9.17) is 27.9 Å². The number of hydrogen-bond donors (Lipinski definition) is 2. The van der Waals surface area contributed by atoms with Crippen LogP contribution in [0, 0.1) is 0 Å². The molecule has 0 heterocycles. The number of benzene rings is 2. The van der Waals surface area contributed by atoms with Gasteiger partial charge in [-0.1, -0.05) is 36.2 Å². The van der Waals surface area contributed by atoms with E-state index in [1.54, 1.807) is 49.4 Å². The summed E-state index contributed by atoms with van der Waals surface area (Å²) in [5.41, 5.74) is 1.10. The van der Waals surface area contributed by atoms with Gasteiger partial charge < -0.3 is 15.4 Å². The minimum Gasteiger partial charge on any atom is -0.484 e. The number of carbonyl (C=O) groups excluding carboxylic acids is 2. The van der Waals surface area contributed by atoms with Crippen molar-refractivity contribution < 1.29 is 14.3 Å². The van der Waals surface area contributed by atoms with E-state index in [0.717, 1.165) is 0 Å². The fourth-order valence-electron chi connectivity index (χ4n) is 1.88. The van der Waals surface area contributed by atoms with E-state index in [0.29, 0.717) is 33.6 Å². The van der Waals surface area contributed by atoms with Crippen LogP contribution in [0.25, 0.3) is 0 Å². The lowest BCUT2D eigenvalue weighted by Gasteiger charge is -2.10. The van der Waals surface area contributed by atoms with Crippen molar-refractivity contribution >= 4 is 46.4 Å². The van der Waals surface area contributed by atoms with Gasteiger partial charge in [0.1, 0.15) is 5.75 Å². The summed E-state index contributed by atoms with van der Waals surface area (Å²) < 4.78 is 5.43. The minimum atomic E-state index is -0.351. The van der Waals surface area contributed by atoms with E-state index in [-0.39, 0.29) is 18.4 Å². The molecular formula is C17H16Cl2N2O3. The molecule has 0 aliphatic rings. The summed E-state index contributed by atoms with van der Waals surface area (Å²) in [6.07, 6.45) is 0.385. The third kappa shape index (κ3) is 5.76. The molecule has 0 aromatic heterocycles. The van der Waals surface area contributed by atoms with E-state index in [1.165, 1.54) is 0 Å². The summed E-state index contributed by atoms with van der Waals surface area (Å²) >= 11 is 11.8. The second-order valence-electron chi connectivity index (χ2n) is 4.92. The van der Waals surface area contributed by atoms with Crippen molar-refractivity contribution in [1.82, 2.24) is 0 Å². The molecule has 2 aromatic rings. The molecule has 2 N–H and O–H groups in total. The van der Waals surface area contributed by atoms with Crippen LogP contribution in [-0.4, -0.2) is 18.4 Å². The second-order valence-corrected chi connectivity index (χ2v) is 5.80. The molecule has 0 radical (unpaired) electrons. The number of halogens is 2. The van der Waals surface area contributed by atoms with Crippen molar-refractivity contribution in [2.24, 2.45) is 0 Å². The molecule has 126 valence electrons. The van der Waals surface area contributed by atoms with Crippen LogP contribution in [0.5, 0.6) is 5.75 Å². The fraction of sp³-hybridized carbons (Fsp3) is 0.176. The molecule has 0 saturated carbocycles. The Morgan fingerprint density at radius 1 is 0.958 bits per heavy atom. The molecule has 0 fully saturated rings. The van der Waals surface area contributed by atoms with E-state index in [2.05, 4.69) is 10.6 Å². The molecule has 0 unspecified atom stereocenters. The number of anilines is 2. The summed E-state index contributed by atoms with van der Waals surface area (Å²) in [7, 11) is 0. The van der Waals surface area contributed by atoms with Gasteiger partial charge in [0, 0.05) is 33.9 Å². The first-order valence-electron chi connectivity index (χ1n) is 7.25. The molecule has 5 nitrogen and oxygen atoms in total. The molecular weight excluding hydrogens is 351 g/mol. The second kappa shape index (κ2) is 8.57. The van der Waals surface area contributed by atoms with Gasteiger partial charge in [-0.15, -0.1) is 0 Å². The van der Waals surface area contributed by atoms with Crippen LogP contribution in [0.2, 0.25) is 10.0 Å². The Hall–Kier alpha value is -2.24. The lowest BCUT2D eigenvalue weighted by molar-refractivity contribution is -0.118. The largest absolute Gasteiger partial charge is 0.484 e. The van der Waals surface area contributed by atoms with Crippen molar-refractivity contribution in [2.75, 3.05) is 17.2 Å². The highest BCUT2D eigenvalue weighted by molar-refractivity contribution is 6.35. The van der Waals surface area contributed by atoms with Gasteiger partial charge >= 0.3 is 0 Å². The fourth-order valence-corrected chi connectivity index (χ4v) is 2.41. The zero-order valence-electron chi connectivity index (χ0n) is 12.9. The zero-order valence-corrected chi connectivity index (χ0v) is 14.4. The van der Waals surface area contributed by atoms with Gasteiger partial charge in [-0.05, 0) is 30.3 Å². The minimum absolute atomic E-state index is 0.0947. The van der Waals surface area contributed by atoms with Crippen LogP contribution in [0.3, 0.4) is 0 Å². The highest BCUT2D eigenvalue weighted by atomic mass is 35.5. The average molecular weight is 367 g/mol. The monoisotopic (exact) mass is 366 g/mol. The molecule has 0 aliphatic heterocycles. The predicted molar refractivity (Wildman–Crippen MR) is 95.9 cm³/mol. The highest BCUT2D eigenvalue weighted by Crippen LogP contribution is 2.22. The van der Waals surface area contributed by atoms with E-state index in [1.807, 2.05) is 0 Å².